The van der Waals surface area contributed by atoms with E-state index < -0.39 is 0 Å². The molecule has 0 aromatic carbocycles. The normalized spacial score (nSPS) is 17.5. The van der Waals surface area contributed by atoms with Gasteiger partial charge in [0, 0.05) is 5.41 Å². The zero-order valence-electron chi connectivity index (χ0n) is 13.1. The summed E-state index contributed by atoms with van der Waals surface area (Å²) in [6.45, 7) is 3.05. The van der Waals surface area contributed by atoms with Gasteiger partial charge in [-0.25, -0.2) is 0 Å². The van der Waals surface area contributed by atoms with Crippen LogP contribution >= 0.6 is 0 Å². The number of rotatable bonds is 10. The molecule has 0 aliphatic heterocycles. The van der Waals surface area contributed by atoms with Crippen LogP contribution in [0.3, 0.4) is 0 Å². The molecule has 2 N–H and O–H groups in total. The molecule has 20 heavy (non-hydrogen) atoms. The quantitative estimate of drug-likeness (QED) is 0.423. The predicted molar refractivity (Wildman–Crippen MR) is 90.7 cm³/mol. The summed E-state index contributed by atoms with van der Waals surface area (Å²) in [5, 5.41) is 0. The molecule has 1 aliphatic rings. The lowest BCUT2D eigenvalue weighted by Gasteiger charge is -2.21. The summed E-state index contributed by atoms with van der Waals surface area (Å²) in [6.07, 6.45) is 28.1. The second-order valence-corrected chi connectivity index (χ2v) is 5.63. The van der Waals surface area contributed by atoms with Crippen LogP contribution in [0.5, 0.6) is 0 Å². The summed E-state index contributed by atoms with van der Waals surface area (Å²) >= 11 is 0. The Morgan fingerprint density at radius 3 is 2.10 bits per heavy atom. The number of allylic oxidation sites excluding steroid dienone is 8. The first-order valence-electron chi connectivity index (χ1n) is 8.24. The zero-order chi connectivity index (χ0) is 14.5. The first-order chi connectivity index (χ1) is 9.83. The van der Waals surface area contributed by atoms with Crippen molar-refractivity contribution in [2.45, 2.75) is 58.3 Å². The van der Waals surface area contributed by atoms with E-state index in [2.05, 4.69) is 55.5 Å². The molecule has 0 unspecified atom stereocenters. The van der Waals surface area contributed by atoms with Gasteiger partial charge in [-0.15, -0.1) is 0 Å². The highest BCUT2D eigenvalue weighted by Crippen LogP contribution is 2.29. The van der Waals surface area contributed by atoms with Gasteiger partial charge in [-0.05, 0) is 45.1 Å². The van der Waals surface area contributed by atoms with Crippen LogP contribution in [0.25, 0.3) is 0 Å². The van der Waals surface area contributed by atoms with E-state index in [0.29, 0.717) is 0 Å². The molecule has 1 nitrogen and oxygen atoms in total. The van der Waals surface area contributed by atoms with Crippen LogP contribution in [0, 0.1) is 5.41 Å². The van der Waals surface area contributed by atoms with Gasteiger partial charge in [-0.3, -0.25) is 0 Å². The van der Waals surface area contributed by atoms with Crippen molar-refractivity contribution in [2.24, 2.45) is 11.1 Å². The minimum atomic E-state index is 0.0210. The Bertz CT molecular complexity index is 313. The van der Waals surface area contributed by atoms with Crippen molar-refractivity contribution in [1.82, 2.24) is 0 Å². The van der Waals surface area contributed by atoms with Crippen LogP contribution in [0.4, 0.5) is 0 Å². The third-order valence-electron chi connectivity index (χ3n) is 3.70. The number of nitrogens with two attached hydrogens (primary N) is 1. The van der Waals surface area contributed by atoms with E-state index in [1.54, 1.807) is 0 Å². The Morgan fingerprint density at radius 1 is 0.950 bits per heavy atom. The van der Waals surface area contributed by atoms with Crippen molar-refractivity contribution in [2.75, 3.05) is 6.54 Å². The molecular formula is C19H31N. The monoisotopic (exact) mass is 273 g/mol. The first kappa shape index (κ1) is 17.0. The van der Waals surface area contributed by atoms with E-state index >= 15 is 0 Å². The van der Waals surface area contributed by atoms with Gasteiger partial charge in [0.05, 0.1) is 0 Å². The van der Waals surface area contributed by atoms with E-state index in [-0.39, 0.29) is 5.41 Å². The van der Waals surface area contributed by atoms with E-state index in [0.717, 1.165) is 25.8 Å². The minimum absolute atomic E-state index is 0.0210. The van der Waals surface area contributed by atoms with E-state index in [9.17, 15) is 0 Å². The van der Waals surface area contributed by atoms with Crippen molar-refractivity contribution >= 4 is 0 Å². The zero-order valence-corrected chi connectivity index (χ0v) is 13.1. The van der Waals surface area contributed by atoms with Gasteiger partial charge in [-0.2, -0.15) is 0 Å². The SMILES string of the molecule is CCCCCC=CC1(C=CCCCCN)C=CCC=C1. The molecule has 0 spiro atoms. The van der Waals surface area contributed by atoms with E-state index in [4.69, 9.17) is 5.73 Å². The number of hydrogen-bond donors (Lipinski definition) is 1. The third kappa shape index (κ3) is 6.91. The fourth-order valence-corrected chi connectivity index (χ4v) is 2.45. The molecule has 0 heterocycles. The molecule has 0 atom stereocenters. The lowest BCUT2D eigenvalue weighted by Crippen LogP contribution is -2.09. The minimum Gasteiger partial charge on any atom is -0.330 e. The standard InChI is InChI=1S/C19H31N/c1-2-3-4-5-9-14-19(16-11-8-12-17-19)15-10-6-7-13-18-20/h9-12,14-17H,2-8,13,18,20H2,1H3. The van der Waals surface area contributed by atoms with Gasteiger partial charge in [-0.1, -0.05) is 68.4 Å². The summed E-state index contributed by atoms with van der Waals surface area (Å²) in [4.78, 5) is 0. The number of unbranched alkanes of at least 4 members (excludes halogenated alkanes) is 5. The Balaban J connectivity index is 2.51. The molecule has 0 saturated heterocycles. The highest BCUT2D eigenvalue weighted by molar-refractivity contribution is 5.32. The van der Waals surface area contributed by atoms with E-state index in [1.807, 2.05) is 0 Å². The summed E-state index contributed by atoms with van der Waals surface area (Å²) < 4.78 is 0. The van der Waals surface area contributed by atoms with Gasteiger partial charge in [0.15, 0.2) is 0 Å². The van der Waals surface area contributed by atoms with Crippen LogP contribution in [-0.2, 0) is 0 Å². The molecule has 0 bridgehead atoms. The highest BCUT2D eigenvalue weighted by Gasteiger charge is 2.17. The maximum atomic E-state index is 5.53. The van der Waals surface area contributed by atoms with Gasteiger partial charge >= 0.3 is 0 Å². The molecule has 0 fully saturated rings. The Hall–Kier alpha value is -1.08. The topological polar surface area (TPSA) is 26.0 Å². The van der Waals surface area contributed by atoms with Crippen molar-refractivity contribution in [3.8, 4) is 0 Å². The smallest absolute Gasteiger partial charge is 0.0423 e. The third-order valence-corrected chi connectivity index (χ3v) is 3.70. The van der Waals surface area contributed by atoms with Crippen LogP contribution in [0.2, 0.25) is 0 Å². The molecule has 0 saturated carbocycles. The maximum absolute atomic E-state index is 5.53. The highest BCUT2D eigenvalue weighted by atomic mass is 14.5. The van der Waals surface area contributed by atoms with Crippen LogP contribution in [0.1, 0.15) is 58.3 Å². The van der Waals surface area contributed by atoms with Crippen molar-refractivity contribution in [3.63, 3.8) is 0 Å². The molecule has 0 aromatic heterocycles. The van der Waals surface area contributed by atoms with Crippen LogP contribution in [0.15, 0.2) is 48.6 Å². The summed E-state index contributed by atoms with van der Waals surface area (Å²) in [5.41, 5.74) is 5.55. The molecule has 0 aromatic rings. The first-order valence-corrected chi connectivity index (χ1v) is 8.24. The second-order valence-electron chi connectivity index (χ2n) is 5.63. The van der Waals surface area contributed by atoms with Crippen molar-refractivity contribution in [1.29, 1.82) is 0 Å². The van der Waals surface area contributed by atoms with Crippen LogP contribution < -0.4 is 5.73 Å². The van der Waals surface area contributed by atoms with Crippen molar-refractivity contribution < 1.29 is 0 Å². The van der Waals surface area contributed by atoms with Gasteiger partial charge in [0.2, 0.25) is 0 Å². The summed E-state index contributed by atoms with van der Waals surface area (Å²) in [6, 6.07) is 0. The predicted octanol–water partition coefficient (Wildman–Crippen LogP) is 5.31. The van der Waals surface area contributed by atoms with E-state index in [1.165, 1.54) is 32.1 Å². The molecule has 0 radical (unpaired) electrons. The summed E-state index contributed by atoms with van der Waals surface area (Å²) in [7, 11) is 0. The van der Waals surface area contributed by atoms with Gasteiger partial charge in [0.25, 0.3) is 0 Å². The fourth-order valence-electron chi connectivity index (χ4n) is 2.45. The lowest BCUT2D eigenvalue weighted by molar-refractivity contribution is 0.717. The lowest BCUT2D eigenvalue weighted by atomic mass is 9.82. The van der Waals surface area contributed by atoms with Gasteiger partial charge in [0.1, 0.15) is 0 Å². The Morgan fingerprint density at radius 2 is 1.55 bits per heavy atom. The number of hydrogen-bond acceptors (Lipinski definition) is 1. The Labute approximate surface area is 125 Å². The van der Waals surface area contributed by atoms with Crippen LogP contribution in [-0.4, -0.2) is 6.54 Å². The second kappa shape index (κ2) is 10.7. The fraction of sp³-hybridized carbons (Fsp3) is 0.579. The molecule has 112 valence electrons. The largest absolute Gasteiger partial charge is 0.330 e. The average molecular weight is 273 g/mol. The molecule has 1 rings (SSSR count). The maximum Gasteiger partial charge on any atom is 0.0423 e. The molecule has 1 heteroatoms. The summed E-state index contributed by atoms with van der Waals surface area (Å²) in [5.74, 6) is 0. The average Bonchev–Trinajstić information content (AvgIpc) is 2.48. The van der Waals surface area contributed by atoms with Crippen molar-refractivity contribution in [3.05, 3.63) is 48.6 Å². The molecular weight excluding hydrogens is 242 g/mol. The molecule has 1 aliphatic carbocycles. The molecule has 0 amide bonds. The Kier molecular flexibility index (Phi) is 9.06. The van der Waals surface area contributed by atoms with Gasteiger partial charge < -0.3 is 5.73 Å².